The van der Waals surface area contributed by atoms with E-state index in [9.17, 15) is 8.78 Å². The molecule has 0 aliphatic heterocycles. The number of rotatable bonds is 4. The van der Waals surface area contributed by atoms with Gasteiger partial charge in [-0.3, -0.25) is 4.68 Å². The molecule has 1 saturated carbocycles. The molecule has 1 aliphatic carbocycles. The molecule has 0 N–H and O–H groups in total. The predicted molar refractivity (Wildman–Crippen MR) is 101 cm³/mol. The summed E-state index contributed by atoms with van der Waals surface area (Å²) < 4.78 is 26.7. The van der Waals surface area contributed by atoms with Crippen LogP contribution < -0.4 is 0 Å². The van der Waals surface area contributed by atoms with Crippen molar-refractivity contribution in [2.24, 2.45) is 13.0 Å². The third kappa shape index (κ3) is 3.07. The molecule has 8 heteroatoms. The SMILES string of the molecule is Cn1cc2cc(-c3ncc4cc(C5CC(CC(F)F)C5)sc4n3)cnc2n1. The van der Waals surface area contributed by atoms with Crippen LogP contribution in [0.2, 0.25) is 0 Å². The number of hydrogen-bond donors (Lipinski definition) is 0. The van der Waals surface area contributed by atoms with Gasteiger partial charge in [-0.05, 0) is 36.8 Å². The molecule has 0 spiro atoms. The van der Waals surface area contributed by atoms with Crippen molar-refractivity contribution in [2.75, 3.05) is 0 Å². The first-order valence-corrected chi connectivity index (χ1v) is 9.71. The second kappa shape index (κ2) is 6.30. The van der Waals surface area contributed by atoms with E-state index in [2.05, 4.69) is 21.1 Å². The van der Waals surface area contributed by atoms with Crippen molar-refractivity contribution in [3.8, 4) is 11.4 Å². The Balaban J connectivity index is 1.42. The lowest BCUT2D eigenvalue weighted by atomic mass is 9.72. The summed E-state index contributed by atoms with van der Waals surface area (Å²) in [4.78, 5) is 15.7. The van der Waals surface area contributed by atoms with Crippen LogP contribution in [0, 0.1) is 5.92 Å². The van der Waals surface area contributed by atoms with Crippen molar-refractivity contribution in [2.45, 2.75) is 31.6 Å². The topological polar surface area (TPSA) is 56.5 Å². The van der Waals surface area contributed by atoms with Gasteiger partial charge in [-0.15, -0.1) is 11.3 Å². The van der Waals surface area contributed by atoms with Crippen molar-refractivity contribution in [1.29, 1.82) is 0 Å². The Kier molecular flexibility index (Phi) is 3.89. The van der Waals surface area contributed by atoms with E-state index in [-0.39, 0.29) is 12.3 Å². The van der Waals surface area contributed by atoms with E-state index in [1.54, 1.807) is 22.2 Å². The molecule has 1 aliphatic rings. The molecule has 0 saturated heterocycles. The van der Waals surface area contributed by atoms with Crippen LogP contribution in [-0.2, 0) is 7.05 Å². The highest BCUT2D eigenvalue weighted by Gasteiger charge is 2.33. The Hall–Kier alpha value is -2.48. The Morgan fingerprint density at radius 1 is 1.19 bits per heavy atom. The van der Waals surface area contributed by atoms with Crippen LogP contribution in [0.25, 0.3) is 32.6 Å². The number of aromatic nitrogens is 5. The van der Waals surface area contributed by atoms with Crippen LogP contribution in [0.1, 0.15) is 30.1 Å². The van der Waals surface area contributed by atoms with E-state index in [0.717, 1.165) is 34.0 Å². The molecule has 5 nitrogen and oxygen atoms in total. The molecule has 27 heavy (non-hydrogen) atoms. The quantitative estimate of drug-likeness (QED) is 0.507. The van der Waals surface area contributed by atoms with Crippen LogP contribution in [0.4, 0.5) is 8.78 Å². The molecular weight excluding hydrogens is 368 g/mol. The number of pyridine rings is 1. The molecule has 0 radical (unpaired) electrons. The minimum absolute atomic E-state index is 0.0230. The smallest absolute Gasteiger partial charge is 0.238 e. The Morgan fingerprint density at radius 3 is 2.85 bits per heavy atom. The van der Waals surface area contributed by atoms with Gasteiger partial charge in [0.2, 0.25) is 6.43 Å². The summed E-state index contributed by atoms with van der Waals surface area (Å²) in [6.07, 6.45) is 5.01. The minimum Gasteiger partial charge on any atom is -0.273 e. The van der Waals surface area contributed by atoms with Crippen molar-refractivity contribution in [3.63, 3.8) is 0 Å². The number of thiophene rings is 1. The average molecular weight is 385 g/mol. The highest BCUT2D eigenvalue weighted by Crippen LogP contribution is 2.47. The standard InChI is InChI=1S/C19H17F2N5S/c1-26-9-14-5-12(7-23-18(14)25-26)17-22-8-13-6-15(27-19(13)24-17)11-2-10(3-11)4-16(20)21/h5-11,16H,2-4H2,1H3. The summed E-state index contributed by atoms with van der Waals surface area (Å²) >= 11 is 1.64. The molecule has 0 bridgehead atoms. The number of hydrogen-bond acceptors (Lipinski definition) is 5. The number of alkyl halides is 2. The van der Waals surface area contributed by atoms with Crippen LogP contribution in [0.15, 0.2) is 30.7 Å². The minimum atomic E-state index is -2.20. The van der Waals surface area contributed by atoms with E-state index in [1.807, 2.05) is 25.5 Å². The zero-order chi connectivity index (χ0) is 18.5. The normalized spacial score (nSPS) is 19.9. The van der Waals surface area contributed by atoms with E-state index >= 15 is 0 Å². The van der Waals surface area contributed by atoms with Crippen LogP contribution in [0.5, 0.6) is 0 Å². The molecule has 4 aromatic rings. The lowest BCUT2D eigenvalue weighted by Crippen LogP contribution is -2.23. The maximum absolute atomic E-state index is 12.5. The molecule has 4 heterocycles. The lowest BCUT2D eigenvalue weighted by Gasteiger charge is -2.34. The number of halogens is 2. The van der Waals surface area contributed by atoms with Gasteiger partial charge in [-0.2, -0.15) is 5.10 Å². The fraction of sp³-hybridized carbons (Fsp3) is 0.368. The van der Waals surface area contributed by atoms with Crippen molar-refractivity contribution < 1.29 is 8.78 Å². The molecule has 0 atom stereocenters. The largest absolute Gasteiger partial charge is 0.273 e. The molecular formula is C19H17F2N5S. The summed E-state index contributed by atoms with van der Waals surface area (Å²) in [7, 11) is 1.86. The summed E-state index contributed by atoms with van der Waals surface area (Å²) in [6.45, 7) is 0. The highest BCUT2D eigenvalue weighted by molar-refractivity contribution is 7.18. The molecule has 1 fully saturated rings. The van der Waals surface area contributed by atoms with Gasteiger partial charge in [-0.25, -0.2) is 23.7 Å². The summed E-state index contributed by atoms with van der Waals surface area (Å²) in [5.74, 6) is 1.17. The number of nitrogens with zero attached hydrogens (tertiary/aromatic N) is 5. The summed E-state index contributed by atoms with van der Waals surface area (Å²) in [6, 6.07) is 4.10. The maximum Gasteiger partial charge on any atom is 0.238 e. The van der Waals surface area contributed by atoms with Crippen molar-refractivity contribution >= 4 is 32.6 Å². The molecule has 0 aromatic carbocycles. The predicted octanol–water partition coefficient (Wildman–Crippen LogP) is 4.79. The second-order valence-electron chi connectivity index (χ2n) is 7.20. The first kappa shape index (κ1) is 16.7. The van der Waals surface area contributed by atoms with Gasteiger partial charge in [0.15, 0.2) is 11.5 Å². The van der Waals surface area contributed by atoms with E-state index < -0.39 is 6.43 Å². The van der Waals surface area contributed by atoms with Gasteiger partial charge >= 0.3 is 0 Å². The summed E-state index contributed by atoms with van der Waals surface area (Å²) in [5.41, 5.74) is 1.55. The van der Waals surface area contributed by atoms with Crippen LogP contribution in [-0.4, -0.2) is 31.2 Å². The Labute approximate surface area is 158 Å². The molecule has 0 unspecified atom stereocenters. The number of aryl methyl sites for hydroxylation is 1. The van der Waals surface area contributed by atoms with Crippen LogP contribution in [0.3, 0.4) is 0 Å². The number of fused-ring (bicyclic) bond motifs is 2. The van der Waals surface area contributed by atoms with Gasteiger partial charge in [0.1, 0.15) is 4.83 Å². The Bertz CT molecular complexity index is 1130. The molecule has 0 amide bonds. The molecule has 5 rings (SSSR count). The van der Waals surface area contributed by atoms with Crippen molar-refractivity contribution in [3.05, 3.63) is 35.6 Å². The maximum atomic E-state index is 12.5. The van der Waals surface area contributed by atoms with E-state index in [0.29, 0.717) is 17.4 Å². The third-order valence-corrected chi connectivity index (χ3v) is 6.38. The summed E-state index contributed by atoms with van der Waals surface area (Å²) in [5, 5.41) is 6.24. The first-order chi connectivity index (χ1) is 13.0. The first-order valence-electron chi connectivity index (χ1n) is 8.89. The third-order valence-electron chi connectivity index (χ3n) is 5.17. The van der Waals surface area contributed by atoms with Crippen molar-refractivity contribution in [1.82, 2.24) is 24.7 Å². The van der Waals surface area contributed by atoms with E-state index in [1.165, 1.54) is 4.88 Å². The fourth-order valence-corrected chi connectivity index (χ4v) is 4.89. The Morgan fingerprint density at radius 2 is 2.04 bits per heavy atom. The fourth-order valence-electron chi connectivity index (χ4n) is 3.76. The van der Waals surface area contributed by atoms with Crippen LogP contribution >= 0.6 is 11.3 Å². The van der Waals surface area contributed by atoms with Gasteiger partial charge < -0.3 is 0 Å². The highest BCUT2D eigenvalue weighted by atomic mass is 32.1. The monoisotopic (exact) mass is 385 g/mol. The molecule has 4 aromatic heterocycles. The van der Waals surface area contributed by atoms with Gasteiger partial charge in [0.05, 0.1) is 0 Å². The second-order valence-corrected chi connectivity index (χ2v) is 8.27. The van der Waals surface area contributed by atoms with Gasteiger partial charge in [0.25, 0.3) is 0 Å². The van der Waals surface area contributed by atoms with E-state index in [4.69, 9.17) is 4.98 Å². The molecule has 138 valence electrons. The van der Waals surface area contributed by atoms with Gasteiger partial charge in [-0.1, -0.05) is 0 Å². The zero-order valence-electron chi connectivity index (χ0n) is 14.6. The van der Waals surface area contributed by atoms with Gasteiger partial charge in [0, 0.05) is 53.3 Å². The lowest BCUT2D eigenvalue weighted by molar-refractivity contribution is 0.0847. The average Bonchev–Trinajstić information content (AvgIpc) is 3.17. The zero-order valence-corrected chi connectivity index (χ0v) is 15.5.